The van der Waals surface area contributed by atoms with Gasteiger partial charge in [-0.1, -0.05) is 39.0 Å². The molecular formula is C41H63NO16S. The summed E-state index contributed by atoms with van der Waals surface area (Å²) in [5, 5.41) is 35.1. The van der Waals surface area contributed by atoms with E-state index in [1.54, 1.807) is 52.8 Å². The predicted molar refractivity (Wildman–Crippen MR) is 209 cm³/mol. The summed E-state index contributed by atoms with van der Waals surface area (Å²) in [6.07, 6.45) is -11.3. The number of aliphatic hydroxyl groups excluding tert-OH is 2. The van der Waals surface area contributed by atoms with Crippen LogP contribution in [0.15, 0.2) is 35.2 Å². The molecule has 59 heavy (non-hydrogen) atoms. The maximum Gasteiger partial charge on any atom is 0.311 e. The lowest BCUT2D eigenvalue weighted by molar-refractivity contribution is -0.315. The van der Waals surface area contributed by atoms with Crippen molar-refractivity contribution in [3.05, 3.63) is 30.3 Å². The number of carbonyl (C=O) groups is 4. The van der Waals surface area contributed by atoms with Crippen LogP contribution in [0.2, 0.25) is 0 Å². The Hall–Kier alpha value is -2.91. The van der Waals surface area contributed by atoms with Crippen LogP contribution >= 0.6 is 0 Å². The summed E-state index contributed by atoms with van der Waals surface area (Å²) in [6.45, 7) is 14.7. The molecule has 334 valence electrons. The fourth-order valence-corrected chi connectivity index (χ4v) is 9.76. The van der Waals surface area contributed by atoms with Crippen LogP contribution in [0, 0.1) is 17.8 Å². The minimum Gasteiger partial charge on any atom is -0.457 e. The Labute approximate surface area is 346 Å². The van der Waals surface area contributed by atoms with Crippen LogP contribution in [0.4, 0.5) is 0 Å². The minimum absolute atomic E-state index is 0.00470. The average Bonchev–Trinajstić information content (AvgIpc) is 3.17. The smallest absolute Gasteiger partial charge is 0.311 e. The molecule has 0 aliphatic carbocycles. The Balaban J connectivity index is 1.82. The van der Waals surface area contributed by atoms with E-state index in [0.29, 0.717) is 0 Å². The first-order valence-corrected chi connectivity index (χ1v) is 21.6. The van der Waals surface area contributed by atoms with Crippen molar-refractivity contribution in [2.75, 3.05) is 7.11 Å². The molecule has 3 aliphatic rings. The van der Waals surface area contributed by atoms with Crippen molar-refractivity contribution in [1.29, 1.82) is 0 Å². The molecule has 0 spiro atoms. The van der Waals surface area contributed by atoms with Crippen molar-refractivity contribution in [3.8, 4) is 0 Å². The van der Waals surface area contributed by atoms with Crippen LogP contribution in [0.5, 0.6) is 0 Å². The normalized spacial score (nSPS) is 41.7. The second-order valence-corrected chi connectivity index (χ2v) is 18.7. The number of hydrogen-bond donors (Lipinski definition) is 4. The van der Waals surface area contributed by atoms with Crippen molar-refractivity contribution in [2.45, 2.75) is 178 Å². The molecule has 1 aromatic rings. The van der Waals surface area contributed by atoms with E-state index in [1.165, 1.54) is 46.9 Å². The van der Waals surface area contributed by atoms with Gasteiger partial charge in [-0.3, -0.25) is 19.2 Å². The molecule has 0 unspecified atom stereocenters. The Morgan fingerprint density at radius 2 is 1.58 bits per heavy atom. The minimum atomic E-state index is -4.12. The summed E-state index contributed by atoms with van der Waals surface area (Å²) in [6, 6.07) is 6.49. The highest BCUT2D eigenvalue weighted by Gasteiger charge is 2.54. The second kappa shape index (κ2) is 19.0. The molecule has 3 saturated heterocycles. The first-order chi connectivity index (χ1) is 27.3. The van der Waals surface area contributed by atoms with Crippen LogP contribution in [0.1, 0.15) is 94.9 Å². The van der Waals surface area contributed by atoms with Gasteiger partial charge in [0.2, 0.25) is 21.4 Å². The van der Waals surface area contributed by atoms with Crippen LogP contribution in [-0.2, 0) is 62.4 Å². The number of Topliss-reactive ketones (excluding diaryl/α,β-unsaturated/α-hetero) is 2. The lowest BCUT2D eigenvalue weighted by atomic mass is 9.77. The molecule has 16 atom stereocenters. The van der Waals surface area contributed by atoms with E-state index in [-0.39, 0.29) is 30.6 Å². The number of esters is 2. The van der Waals surface area contributed by atoms with E-state index in [9.17, 15) is 42.9 Å². The van der Waals surface area contributed by atoms with Crippen LogP contribution in [0.3, 0.4) is 0 Å². The number of sulfonamides is 1. The van der Waals surface area contributed by atoms with Gasteiger partial charge >= 0.3 is 11.9 Å². The Morgan fingerprint density at radius 1 is 0.949 bits per heavy atom. The monoisotopic (exact) mass is 857 g/mol. The van der Waals surface area contributed by atoms with Gasteiger partial charge in [-0.15, -0.1) is 0 Å². The highest BCUT2D eigenvalue weighted by molar-refractivity contribution is 7.89. The number of methoxy groups -OCH3 is 1. The number of nitrogens with one attached hydrogen (secondary N) is 1. The highest BCUT2D eigenvalue weighted by Crippen LogP contribution is 2.40. The van der Waals surface area contributed by atoms with Crippen LogP contribution in [0.25, 0.3) is 0 Å². The van der Waals surface area contributed by atoms with Gasteiger partial charge < -0.3 is 48.5 Å². The fraction of sp³-hybridized carbons (Fsp3) is 0.756. The number of rotatable bonds is 11. The van der Waals surface area contributed by atoms with E-state index < -0.39 is 129 Å². The topological polar surface area (TPSA) is 240 Å². The zero-order valence-electron chi connectivity index (χ0n) is 35.8. The first kappa shape index (κ1) is 48.8. The zero-order chi connectivity index (χ0) is 44.4. The van der Waals surface area contributed by atoms with E-state index in [0.717, 1.165) is 6.92 Å². The lowest BCUT2D eigenvalue weighted by Gasteiger charge is -2.48. The lowest BCUT2D eigenvalue weighted by Crippen LogP contribution is -2.61. The largest absolute Gasteiger partial charge is 0.457 e. The maximum atomic E-state index is 14.3. The van der Waals surface area contributed by atoms with Crippen LogP contribution in [-0.4, -0.2) is 133 Å². The van der Waals surface area contributed by atoms with Gasteiger partial charge in [0.1, 0.15) is 18.3 Å². The maximum absolute atomic E-state index is 14.3. The van der Waals surface area contributed by atoms with E-state index in [4.69, 9.17) is 33.2 Å². The third-order valence-electron chi connectivity index (χ3n) is 12.0. The van der Waals surface area contributed by atoms with Gasteiger partial charge in [0, 0.05) is 26.4 Å². The third kappa shape index (κ3) is 10.8. The van der Waals surface area contributed by atoms with Crippen molar-refractivity contribution in [3.63, 3.8) is 0 Å². The molecule has 0 saturated carbocycles. The SMILES string of the molecule is CC[C@@H]1OC(=O)[C@H](C)[C@H](O[C@H]2C[C@@](C)(OC)[C@@H](O)[C@H](C)O2)[C@H](C)[C@@H](O[C@@H]2O[C@H](C)C[C@H](NS(=O)(=O)c3ccccc3)[C@H]2O)[C@](C)(O)C[C@@H](C)C(=O)O[C@]1(C)C(=O)C(C)=O. The molecule has 4 rings (SSSR count). The van der Waals surface area contributed by atoms with Crippen molar-refractivity contribution in [1.82, 2.24) is 4.72 Å². The molecule has 3 aliphatic heterocycles. The Morgan fingerprint density at radius 3 is 2.15 bits per heavy atom. The van der Waals surface area contributed by atoms with E-state index in [1.807, 2.05) is 0 Å². The quantitative estimate of drug-likeness (QED) is 0.185. The van der Waals surface area contributed by atoms with Gasteiger partial charge in [-0.05, 0) is 72.9 Å². The van der Waals surface area contributed by atoms with Gasteiger partial charge in [0.05, 0.1) is 58.4 Å². The number of carbonyl (C=O) groups excluding carboxylic acids is 4. The van der Waals surface area contributed by atoms with E-state index in [2.05, 4.69) is 4.72 Å². The molecular weight excluding hydrogens is 795 g/mol. The zero-order valence-corrected chi connectivity index (χ0v) is 36.6. The molecule has 3 heterocycles. The van der Waals surface area contributed by atoms with E-state index >= 15 is 0 Å². The molecule has 0 radical (unpaired) electrons. The summed E-state index contributed by atoms with van der Waals surface area (Å²) in [7, 11) is -2.69. The number of cyclic esters (lactones) is 2. The van der Waals surface area contributed by atoms with Crippen molar-refractivity contribution in [2.24, 2.45) is 17.8 Å². The summed E-state index contributed by atoms with van der Waals surface area (Å²) in [4.78, 5) is 54.0. The number of hydrogen-bond acceptors (Lipinski definition) is 16. The molecule has 18 heteroatoms. The number of aliphatic hydroxyl groups is 3. The summed E-state index contributed by atoms with van der Waals surface area (Å²) in [5.41, 5.74) is -5.42. The van der Waals surface area contributed by atoms with Crippen molar-refractivity contribution < 1.29 is 76.1 Å². The molecule has 0 bridgehead atoms. The molecule has 4 N–H and O–H groups in total. The highest BCUT2D eigenvalue weighted by atomic mass is 32.2. The summed E-state index contributed by atoms with van der Waals surface area (Å²) < 4.78 is 71.9. The number of benzene rings is 1. The Bertz CT molecular complexity index is 1760. The molecule has 0 amide bonds. The van der Waals surface area contributed by atoms with Gasteiger partial charge in [-0.2, -0.15) is 0 Å². The fourth-order valence-electron chi connectivity index (χ4n) is 8.47. The molecule has 17 nitrogen and oxygen atoms in total. The molecule has 3 fully saturated rings. The Kier molecular flexibility index (Phi) is 15.7. The summed E-state index contributed by atoms with van der Waals surface area (Å²) >= 11 is 0. The standard InChI is InChI=1S/C41H63NO16S/c1-12-29-41(10,33(45)25(6)43)58-36(47)21(2)19-39(8,49)35(57-38-31(44)28(18-22(3)53-38)42-59(50,51)27-16-14-13-15-17-27)23(4)32(24(5)37(48)55-29)56-30-20-40(9,52-11)34(46)26(7)54-30/h13-17,21-24,26,28-32,34-35,38,42,44,46,49H,12,18-20H2,1-11H3/t21-,22-,23+,24-,26+,28+,29+,30+,31-,32-,34+,35-,38+,39-,40-,41+/m1/s1. The van der Waals surface area contributed by atoms with Crippen molar-refractivity contribution >= 4 is 33.5 Å². The number of ketones is 2. The number of ether oxygens (including phenoxy) is 7. The summed E-state index contributed by atoms with van der Waals surface area (Å²) in [5.74, 6) is -7.40. The predicted octanol–water partition coefficient (Wildman–Crippen LogP) is 2.35. The van der Waals surface area contributed by atoms with Gasteiger partial charge in [0.15, 0.2) is 18.4 Å². The first-order valence-electron chi connectivity index (χ1n) is 20.1. The second-order valence-electron chi connectivity index (χ2n) is 17.0. The average molecular weight is 858 g/mol. The van der Waals surface area contributed by atoms with Gasteiger partial charge in [-0.25, -0.2) is 13.1 Å². The van der Waals surface area contributed by atoms with Crippen LogP contribution < -0.4 is 4.72 Å². The molecule has 0 aromatic heterocycles. The third-order valence-corrected chi connectivity index (χ3v) is 13.5. The van der Waals surface area contributed by atoms with Gasteiger partial charge in [0.25, 0.3) is 0 Å². The molecule has 1 aromatic carbocycles.